The number of fused-ring (bicyclic) bond motifs is 1. The number of benzene rings is 1. The van der Waals surface area contributed by atoms with E-state index in [0.29, 0.717) is 17.9 Å². The zero-order valence-corrected chi connectivity index (χ0v) is 9.30. The summed E-state index contributed by atoms with van der Waals surface area (Å²) in [5.41, 5.74) is 0.827. The minimum absolute atomic E-state index is 0.0220. The molecule has 0 fully saturated rings. The van der Waals surface area contributed by atoms with Crippen LogP contribution in [0.5, 0.6) is 11.5 Å². The maximum absolute atomic E-state index is 11.0. The molecule has 1 aromatic carbocycles. The normalized spacial score (nSPS) is 17.6. The number of aliphatic carboxylic acids is 1. The fourth-order valence-electron chi connectivity index (χ4n) is 1.63. The number of carbonyl (C=O) groups is 2. The summed E-state index contributed by atoms with van der Waals surface area (Å²) >= 11 is 0. The molecule has 1 atom stereocenters. The zero-order chi connectivity index (χ0) is 12.4. The van der Waals surface area contributed by atoms with Gasteiger partial charge in [0.05, 0.1) is 0 Å². The minimum atomic E-state index is -1.05. The van der Waals surface area contributed by atoms with Crippen LogP contribution in [0.2, 0.25) is 0 Å². The van der Waals surface area contributed by atoms with Crippen molar-refractivity contribution < 1.29 is 24.2 Å². The molecule has 0 amide bonds. The van der Waals surface area contributed by atoms with E-state index in [1.165, 1.54) is 6.92 Å². The van der Waals surface area contributed by atoms with Crippen molar-refractivity contribution in [1.29, 1.82) is 0 Å². The molecule has 0 saturated carbocycles. The Hall–Kier alpha value is -2.04. The topological polar surface area (TPSA) is 72.8 Å². The SMILES string of the molecule is CC(=O)Cc1ccc2c(c1)OCC(C(=O)O)O2. The van der Waals surface area contributed by atoms with E-state index >= 15 is 0 Å². The first-order valence-electron chi connectivity index (χ1n) is 5.21. The molecule has 5 heteroatoms. The lowest BCUT2D eigenvalue weighted by Gasteiger charge is -2.24. The minimum Gasteiger partial charge on any atom is -0.485 e. The van der Waals surface area contributed by atoms with Gasteiger partial charge < -0.3 is 14.6 Å². The van der Waals surface area contributed by atoms with Gasteiger partial charge in [0.25, 0.3) is 0 Å². The molecule has 1 heterocycles. The number of ketones is 1. The third-order valence-electron chi connectivity index (χ3n) is 2.40. The van der Waals surface area contributed by atoms with Crippen molar-refractivity contribution in [3.63, 3.8) is 0 Å². The van der Waals surface area contributed by atoms with Gasteiger partial charge in [0.1, 0.15) is 12.4 Å². The summed E-state index contributed by atoms with van der Waals surface area (Å²) in [6.45, 7) is 1.49. The van der Waals surface area contributed by atoms with Gasteiger partial charge in [-0.1, -0.05) is 6.07 Å². The number of carboxylic acid groups (broad SMARTS) is 1. The Balaban J connectivity index is 2.19. The lowest BCUT2D eigenvalue weighted by molar-refractivity contribution is -0.147. The highest BCUT2D eigenvalue weighted by molar-refractivity contribution is 5.78. The molecule has 0 saturated heterocycles. The molecule has 90 valence electrons. The molecule has 0 aromatic heterocycles. The van der Waals surface area contributed by atoms with E-state index in [-0.39, 0.29) is 12.4 Å². The van der Waals surface area contributed by atoms with Crippen molar-refractivity contribution in [2.75, 3.05) is 6.61 Å². The Morgan fingerprint density at radius 1 is 1.41 bits per heavy atom. The van der Waals surface area contributed by atoms with Crippen LogP contribution in [0.4, 0.5) is 0 Å². The number of ether oxygens (including phenoxy) is 2. The second kappa shape index (κ2) is 4.45. The predicted octanol–water partition coefficient (Wildman–Crippen LogP) is 1.04. The Morgan fingerprint density at radius 2 is 2.18 bits per heavy atom. The third kappa shape index (κ3) is 2.55. The smallest absolute Gasteiger partial charge is 0.348 e. The summed E-state index contributed by atoms with van der Waals surface area (Å²) in [5, 5.41) is 8.79. The molecule has 0 spiro atoms. The Bertz CT molecular complexity index is 466. The maximum Gasteiger partial charge on any atom is 0.348 e. The van der Waals surface area contributed by atoms with Crippen LogP contribution in [-0.4, -0.2) is 29.6 Å². The summed E-state index contributed by atoms with van der Waals surface area (Å²) < 4.78 is 10.5. The first-order valence-corrected chi connectivity index (χ1v) is 5.21. The van der Waals surface area contributed by atoms with Gasteiger partial charge in [-0.3, -0.25) is 4.79 Å². The highest BCUT2D eigenvalue weighted by atomic mass is 16.6. The van der Waals surface area contributed by atoms with Crippen molar-refractivity contribution in [1.82, 2.24) is 0 Å². The molecule has 0 aliphatic carbocycles. The number of carbonyl (C=O) groups excluding carboxylic acids is 1. The Labute approximate surface area is 98.0 Å². The average Bonchev–Trinajstić information content (AvgIpc) is 2.27. The molecule has 1 aliphatic rings. The van der Waals surface area contributed by atoms with E-state index < -0.39 is 12.1 Å². The molecule has 1 N–H and O–H groups in total. The highest BCUT2D eigenvalue weighted by Crippen LogP contribution is 2.32. The van der Waals surface area contributed by atoms with Crippen LogP contribution in [0, 0.1) is 0 Å². The molecule has 1 unspecified atom stereocenters. The van der Waals surface area contributed by atoms with Crippen LogP contribution < -0.4 is 9.47 Å². The lowest BCUT2D eigenvalue weighted by atomic mass is 10.1. The number of rotatable bonds is 3. The van der Waals surface area contributed by atoms with Crippen molar-refractivity contribution in [3.8, 4) is 11.5 Å². The van der Waals surface area contributed by atoms with Gasteiger partial charge in [-0.2, -0.15) is 0 Å². The van der Waals surface area contributed by atoms with Crippen LogP contribution >= 0.6 is 0 Å². The van der Waals surface area contributed by atoms with E-state index in [2.05, 4.69) is 0 Å². The number of hydrogen-bond donors (Lipinski definition) is 1. The van der Waals surface area contributed by atoms with Gasteiger partial charge in [0.2, 0.25) is 6.10 Å². The van der Waals surface area contributed by atoms with Crippen molar-refractivity contribution in [3.05, 3.63) is 23.8 Å². The van der Waals surface area contributed by atoms with E-state index in [0.717, 1.165) is 5.56 Å². The molecule has 5 nitrogen and oxygen atoms in total. The molecular weight excluding hydrogens is 224 g/mol. The summed E-state index contributed by atoms with van der Waals surface area (Å²) in [6, 6.07) is 5.06. The summed E-state index contributed by atoms with van der Waals surface area (Å²) in [4.78, 5) is 21.7. The quantitative estimate of drug-likeness (QED) is 0.848. The second-order valence-electron chi connectivity index (χ2n) is 3.92. The van der Waals surface area contributed by atoms with Crippen molar-refractivity contribution in [2.24, 2.45) is 0 Å². The number of hydrogen-bond acceptors (Lipinski definition) is 4. The molecule has 17 heavy (non-hydrogen) atoms. The van der Waals surface area contributed by atoms with Gasteiger partial charge in [-0.05, 0) is 24.6 Å². The van der Waals surface area contributed by atoms with Crippen molar-refractivity contribution in [2.45, 2.75) is 19.4 Å². The van der Waals surface area contributed by atoms with Gasteiger partial charge in [0.15, 0.2) is 11.5 Å². The van der Waals surface area contributed by atoms with Crippen LogP contribution in [0.15, 0.2) is 18.2 Å². The highest BCUT2D eigenvalue weighted by Gasteiger charge is 2.27. The van der Waals surface area contributed by atoms with Gasteiger partial charge >= 0.3 is 5.97 Å². The van der Waals surface area contributed by atoms with Gasteiger partial charge in [-0.25, -0.2) is 4.79 Å². The third-order valence-corrected chi connectivity index (χ3v) is 2.40. The van der Waals surface area contributed by atoms with Crippen LogP contribution in [-0.2, 0) is 16.0 Å². The first kappa shape index (κ1) is 11.4. The van der Waals surface area contributed by atoms with Gasteiger partial charge in [0, 0.05) is 6.42 Å². The summed E-state index contributed by atoms with van der Waals surface area (Å²) in [5.74, 6) is -0.106. The maximum atomic E-state index is 11.0. The second-order valence-corrected chi connectivity index (χ2v) is 3.92. The molecule has 1 aliphatic heterocycles. The van der Waals surface area contributed by atoms with E-state index in [4.69, 9.17) is 14.6 Å². The van der Waals surface area contributed by atoms with Gasteiger partial charge in [-0.15, -0.1) is 0 Å². The standard InChI is InChI=1S/C12H12O5/c1-7(13)4-8-2-3-9-10(5-8)16-6-11(17-9)12(14)15/h2-3,5,11H,4,6H2,1H3,(H,14,15). The average molecular weight is 236 g/mol. The van der Waals surface area contributed by atoms with Crippen molar-refractivity contribution >= 4 is 11.8 Å². The van der Waals surface area contributed by atoms with Crippen LogP contribution in [0.3, 0.4) is 0 Å². The first-order chi connectivity index (χ1) is 8.06. The van der Waals surface area contributed by atoms with Crippen LogP contribution in [0.1, 0.15) is 12.5 Å². The molecule has 2 rings (SSSR count). The largest absolute Gasteiger partial charge is 0.485 e. The Kier molecular flexibility index (Phi) is 2.99. The zero-order valence-electron chi connectivity index (χ0n) is 9.30. The summed E-state index contributed by atoms with van der Waals surface area (Å²) in [6.07, 6.45) is -0.639. The van der Waals surface area contributed by atoms with E-state index in [1.54, 1.807) is 18.2 Å². The fourth-order valence-corrected chi connectivity index (χ4v) is 1.63. The molecule has 1 aromatic rings. The number of carboxylic acids is 1. The molecular formula is C12H12O5. The Morgan fingerprint density at radius 3 is 2.82 bits per heavy atom. The van der Waals surface area contributed by atoms with E-state index in [1.807, 2.05) is 0 Å². The fraction of sp³-hybridized carbons (Fsp3) is 0.333. The molecule has 0 radical (unpaired) electrons. The van der Waals surface area contributed by atoms with Crippen LogP contribution in [0.25, 0.3) is 0 Å². The predicted molar refractivity (Wildman–Crippen MR) is 58.4 cm³/mol. The summed E-state index contributed by atoms with van der Waals surface area (Å²) in [7, 11) is 0. The van der Waals surface area contributed by atoms with E-state index in [9.17, 15) is 9.59 Å². The molecule has 0 bridgehead atoms. The lowest BCUT2D eigenvalue weighted by Crippen LogP contribution is -2.36. The monoisotopic (exact) mass is 236 g/mol. The number of Topliss-reactive ketones (excluding diaryl/α,β-unsaturated/α-hetero) is 1.